The van der Waals surface area contributed by atoms with Crippen molar-refractivity contribution in [2.75, 3.05) is 12.5 Å². The first-order chi connectivity index (χ1) is 11.2. The summed E-state index contributed by atoms with van der Waals surface area (Å²) in [6.07, 6.45) is 3.09. The van der Waals surface area contributed by atoms with Crippen LogP contribution < -0.4 is 5.32 Å². The number of halogens is 1. The van der Waals surface area contributed by atoms with E-state index in [-0.39, 0.29) is 16.8 Å². The van der Waals surface area contributed by atoms with Crippen LogP contribution in [0.2, 0.25) is 5.02 Å². The Kier molecular flexibility index (Phi) is 5.96. The van der Waals surface area contributed by atoms with E-state index in [0.29, 0.717) is 10.6 Å². The zero-order valence-electron chi connectivity index (χ0n) is 13.5. The second kappa shape index (κ2) is 7.59. The molecule has 0 aromatic heterocycles. The number of benzene rings is 2. The van der Waals surface area contributed by atoms with E-state index in [0.717, 1.165) is 16.7 Å². The Morgan fingerprint density at radius 3 is 2.33 bits per heavy atom. The lowest BCUT2D eigenvalue weighted by Crippen LogP contribution is -2.27. The molecule has 24 heavy (non-hydrogen) atoms. The fraction of sp³-hybridized carbons (Fsp3) is 0.235. The molecule has 1 unspecified atom stereocenters. The lowest BCUT2D eigenvalue weighted by molar-refractivity contribution is 0.0940. The summed E-state index contributed by atoms with van der Waals surface area (Å²) in [4.78, 5) is 13.6. The Morgan fingerprint density at radius 1 is 1.17 bits per heavy atom. The maximum Gasteiger partial charge on any atom is 0.253 e. The molecule has 2 rings (SSSR count). The molecule has 0 saturated carbocycles. The van der Waals surface area contributed by atoms with E-state index in [9.17, 15) is 13.2 Å². The van der Waals surface area contributed by atoms with Crippen LogP contribution >= 0.6 is 23.4 Å². The fourth-order valence-electron chi connectivity index (χ4n) is 2.17. The van der Waals surface area contributed by atoms with Crippen molar-refractivity contribution < 1.29 is 13.2 Å². The monoisotopic (exact) mass is 383 g/mol. The molecule has 128 valence electrons. The summed E-state index contributed by atoms with van der Waals surface area (Å²) in [5.74, 6) is -0.268. The van der Waals surface area contributed by atoms with Crippen LogP contribution in [0.3, 0.4) is 0 Å². The molecule has 0 saturated heterocycles. The number of carbonyl (C=O) groups is 1. The third-order valence-corrected chi connectivity index (χ3v) is 5.76. The van der Waals surface area contributed by atoms with Crippen molar-refractivity contribution in [2.24, 2.45) is 0 Å². The third kappa shape index (κ3) is 4.53. The van der Waals surface area contributed by atoms with E-state index >= 15 is 0 Å². The minimum absolute atomic E-state index is 0.250. The van der Waals surface area contributed by atoms with Gasteiger partial charge in [-0.15, -0.1) is 11.8 Å². The van der Waals surface area contributed by atoms with Crippen molar-refractivity contribution >= 4 is 39.1 Å². The van der Waals surface area contributed by atoms with Gasteiger partial charge in [-0.2, -0.15) is 0 Å². The van der Waals surface area contributed by atoms with Crippen LogP contribution in [0.4, 0.5) is 0 Å². The van der Waals surface area contributed by atoms with E-state index in [1.165, 1.54) is 23.9 Å². The van der Waals surface area contributed by atoms with Crippen LogP contribution in [0.5, 0.6) is 0 Å². The van der Waals surface area contributed by atoms with E-state index in [2.05, 4.69) is 5.32 Å². The number of nitrogens with one attached hydrogen (secondary N) is 1. The number of thioether (sulfide) groups is 1. The lowest BCUT2D eigenvalue weighted by atomic mass is 10.1. The molecule has 0 aliphatic rings. The molecule has 0 bridgehead atoms. The quantitative estimate of drug-likeness (QED) is 0.794. The lowest BCUT2D eigenvalue weighted by Gasteiger charge is -2.16. The van der Waals surface area contributed by atoms with Gasteiger partial charge in [-0.3, -0.25) is 4.79 Å². The van der Waals surface area contributed by atoms with Crippen LogP contribution in [0.25, 0.3) is 0 Å². The molecule has 0 aliphatic heterocycles. The SMILES string of the molecule is CSc1ccc(Cl)c(C(=O)NC(C)c2ccc(S(C)(=O)=O)cc2)c1. The number of carbonyl (C=O) groups excluding carboxylic acids is 1. The van der Waals surface area contributed by atoms with E-state index in [1.54, 1.807) is 24.3 Å². The first kappa shape index (κ1) is 18.8. The fourth-order valence-corrected chi connectivity index (χ4v) is 3.44. The second-order valence-corrected chi connectivity index (χ2v) is 8.68. The summed E-state index contributed by atoms with van der Waals surface area (Å²) >= 11 is 7.64. The Hall–Kier alpha value is -1.50. The summed E-state index contributed by atoms with van der Waals surface area (Å²) in [6.45, 7) is 1.83. The van der Waals surface area contributed by atoms with Gasteiger partial charge in [0.2, 0.25) is 0 Å². The predicted octanol–water partition coefficient (Wildman–Crippen LogP) is 3.96. The van der Waals surface area contributed by atoms with Crippen LogP contribution in [0.15, 0.2) is 52.3 Å². The van der Waals surface area contributed by atoms with Crippen molar-refractivity contribution in [1.82, 2.24) is 5.32 Å². The Labute approximate surface area is 151 Å². The highest BCUT2D eigenvalue weighted by Crippen LogP contribution is 2.24. The van der Waals surface area contributed by atoms with Crippen LogP contribution in [0.1, 0.15) is 28.9 Å². The summed E-state index contributed by atoms with van der Waals surface area (Å²) in [7, 11) is -3.23. The van der Waals surface area contributed by atoms with Crippen LogP contribution in [-0.4, -0.2) is 26.8 Å². The smallest absolute Gasteiger partial charge is 0.253 e. The molecule has 1 amide bonds. The first-order valence-corrected chi connectivity index (χ1v) is 10.7. The Bertz CT molecular complexity index is 849. The van der Waals surface area contributed by atoms with E-state index < -0.39 is 9.84 Å². The standard InChI is InChI=1S/C17H18ClNO3S2/c1-11(12-4-7-14(8-5-12)24(3,21)22)19-17(20)15-10-13(23-2)6-9-16(15)18/h4-11H,1-3H3,(H,19,20). The molecule has 0 spiro atoms. The molecule has 7 heteroatoms. The number of rotatable bonds is 5. The molecular formula is C17H18ClNO3S2. The van der Waals surface area contributed by atoms with E-state index in [4.69, 9.17) is 11.6 Å². The van der Waals surface area contributed by atoms with Crippen molar-refractivity contribution in [3.05, 3.63) is 58.6 Å². The zero-order chi connectivity index (χ0) is 17.9. The van der Waals surface area contributed by atoms with Crippen molar-refractivity contribution in [3.8, 4) is 0 Å². The molecule has 1 N–H and O–H groups in total. The first-order valence-electron chi connectivity index (χ1n) is 7.17. The third-order valence-electron chi connectivity index (χ3n) is 3.57. The van der Waals surface area contributed by atoms with Crippen molar-refractivity contribution in [2.45, 2.75) is 22.8 Å². The topological polar surface area (TPSA) is 63.2 Å². The normalized spacial score (nSPS) is 12.7. The van der Waals surface area contributed by atoms with Gasteiger partial charge in [0.1, 0.15) is 0 Å². The summed E-state index contributed by atoms with van der Waals surface area (Å²) in [5.41, 5.74) is 1.23. The highest BCUT2D eigenvalue weighted by Gasteiger charge is 2.15. The molecule has 4 nitrogen and oxygen atoms in total. The maximum absolute atomic E-state index is 12.4. The highest BCUT2D eigenvalue weighted by atomic mass is 35.5. The van der Waals surface area contributed by atoms with Gasteiger partial charge in [-0.05, 0) is 49.1 Å². The molecule has 1 atom stereocenters. The van der Waals surface area contributed by atoms with Gasteiger partial charge < -0.3 is 5.32 Å². The average Bonchev–Trinajstić information content (AvgIpc) is 2.54. The number of hydrogen-bond acceptors (Lipinski definition) is 4. The summed E-state index contributed by atoms with van der Waals surface area (Å²) in [6, 6.07) is 11.5. The van der Waals surface area contributed by atoms with Gasteiger partial charge in [-0.25, -0.2) is 8.42 Å². The Balaban J connectivity index is 2.17. The summed E-state index contributed by atoms with van der Waals surface area (Å²) < 4.78 is 23.0. The van der Waals surface area contributed by atoms with Gasteiger partial charge in [-0.1, -0.05) is 23.7 Å². The van der Waals surface area contributed by atoms with E-state index in [1.807, 2.05) is 19.2 Å². The Morgan fingerprint density at radius 2 is 1.79 bits per heavy atom. The minimum Gasteiger partial charge on any atom is -0.345 e. The van der Waals surface area contributed by atoms with Gasteiger partial charge in [0.25, 0.3) is 5.91 Å². The highest BCUT2D eigenvalue weighted by molar-refractivity contribution is 7.98. The second-order valence-electron chi connectivity index (χ2n) is 5.38. The number of hydrogen-bond donors (Lipinski definition) is 1. The molecule has 0 fully saturated rings. The van der Waals surface area contributed by atoms with Gasteiger partial charge in [0.05, 0.1) is 21.5 Å². The predicted molar refractivity (Wildman–Crippen MR) is 98.7 cm³/mol. The summed E-state index contributed by atoms with van der Waals surface area (Å²) in [5, 5.41) is 3.27. The van der Waals surface area contributed by atoms with Crippen LogP contribution in [-0.2, 0) is 9.84 Å². The average molecular weight is 384 g/mol. The maximum atomic E-state index is 12.4. The molecular weight excluding hydrogens is 366 g/mol. The van der Waals surface area contributed by atoms with Crippen molar-refractivity contribution in [1.29, 1.82) is 0 Å². The van der Waals surface area contributed by atoms with Crippen molar-refractivity contribution in [3.63, 3.8) is 0 Å². The molecule has 0 radical (unpaired) electrons. The molecule has 2 aromatic rings. The van der Waals surface area contributed by atoms with Gasteiger partial charge in [0.15, 0.2) is 9.84 Å². The molecule has 0 aliphatic carbocycles. The molecule has 0 heterocycles. The minimum atomic E-state index is -3.23. The molecule has 2 aromatic carbocycles. The van der Waals surface area contributed by atoms with Gasteiger partial charge in [0, 0.05) is 11.2 Å². The largest absolute Gasteiger partial charge is 0.345 e. The zero-order valence-corrected chi connectivity index (χ0v) is 15.9. The number of amides is 1. The van der Waals surface area contributed by atoms with Gasteiger partial charge >= 0.3 is 0 Å². The van der Waals surface area contributed by atoms with Crippen LogP contribution in [0, 0.1) is 0 Å². The number of sulfone groups is 1.